The quantitative estimate of drug-likeness (QED) is 0.777. The van der Waals surface area contributed by atoms with Crippen LogP contribution in [0.25, 0.3) is 22.0 Å². The Morgan fingerprint density at radius 1 is 1.05 bits per heavy atom. The number of nitrogens with one attached hydrogen (secondary N) is 1. The highest BCUT2D eigenvalue weighted by molar-refractivity contribution is 5.98. The van der Waals surface area contributed by atoms with Gasteiger partial charge in [-0.05, 0) is 23.8 Å². The van der Waals surface area contributed by atoms with Crippen LogP contribution in [0.3, 0.4) is 0 Å². The maximum atomic E-state index is 5.27. The molecule has 0 atom stereocenters. The van der Waals surface area contributed by atoms with Crippen LogP contribution in [-0.2, 0) is 13.1 Å². The average molecular weight is 278 g/mol. The van der Waals surface area contributed by atoms with E-state index in [4.69, 9.17) is 4.74 Å². The summed E-state index contributed by atoms with van der Waals surface area (Å²) in [4.78, 5) is 0. The number of rotatable bonds is 2. The standard InChI is InChI=1S/C18H18N2O/c1-21-14-8-6-13(7-9-14)18-15-4-2-3-5-16(15)20-11-10-19-12-17(18)20/h2-9,19H,10-12H2,1H3. The number of hydrogen-bond acceptors (Lipinski definition) is 2. The Hall–Kier alpha value is -2.26. The first-order chi connectivity index (χ1) is 10.4. The highest BCUT2D eigenvalue weighted by Gasteiger charge is 2.20. The number of fused-ring (bicyclic) bond motifs is 3. The van der Waals surface area contributed by atoms with Crippen molar-refractivity contribution in [2.45, 2.75) is 13.1 Å². The van der Waals surface area contributed by atoms with Gasteiger partial charge in [-0.15, -0.1) is 0 Å². The average Bonchev–Trinajstić information content (AvgIpc) is 2.90. The van der Waals surface area contributed by atoms with E-state index in [-0.39, 0.29) is 0 Å². The normalized spacial score (nSPS) is 14.1. The van der Waals surface area contributed by atoms with Gasteiger partial charge in [-0.25, -0.2) is 0 Å². The molecule has 0 saturated carbocycles. The lowest BCUT2D eigenvalue weighted by molar-refractivity contribution is 0.415. The highest BCUT2D eigenvalue weighted by Crippen LogP contribution is 2.36. The fourth-order valence-electron chi connectivity index (χ4n) is 3.27. The van der Waals surface area contributed by atoms with Crippen LogP contribution in [0.15, 0.2) is 48.5 Å². The summed E-state index contributed by atoms with van der Waals surface area (Å²) in [7, 11) is 1.70. The Labute approximate surface area is 124 Å². The van der Waals surface area contributed by atoms with Crippen molar-refractivity contribution in [3.8, 4) is 16.9 Å². The van der Waals surface area contributed by atoms with Crippen LogP contribution in [-0.4, -0.2) is 18.2 Å². The molecule has 3 nitrogen and oxygen atoms in total. The first-order valence-electron chi connectivity index (χ1n) is 7.34. The molecular formula is C18H18N2O. The van der Waals surface area contributed by atoms with E-state index < -0.39 is 0 Å². The minimum absolute atomic E-state index is 0.897. The fourth-order valence-corrected chi connectivity index (χ4v) is 3.27. The maximum Gasteiger partial charge on any atom is 0.118 e. The Bertz CT molecular complexity index is 787. The van der Waals surface area contributed by atoms with E-state index in [1.54, 1.807) is 7.11 Å². The number of benzene rings is 2. The van der Waals surface area contributed by atoms with E-state index in [2.05, 4.69) is 46.3 Å². The highest BCUT2D eigenvalue weighted by atomic mass is 16.5. The molecule has 3 heteroatoms. The second-order valence-corrected chi connectivity index (χ2v) is 5.40. The molecule has 1 aliphatic heterocycles. The molecule has 0 amide bonds. The van der Waals surface area contributed by atoms with Crippen LogP contribution in [0.2, 0.25) is 0 Å². The minimum atomic E-state index is 0.897. The van der Waals surface area contributed by atoms with Crippen molar-refractivity contribution in [2.24, 2.45) is 0 Å². The van der Waals surface area contributed by atoms with Gasteiger partial charge in [0.2, 0.25) is 0 Å². The molecule has 2 heterocycles. The zero-order chi connectivity index (χ0) is 14.2. The van der Waals surface area contributed by atoms with Crippen molar-refractivity contribution in [3.63, 3.8) is 0 Å². The van der Waals surface area contributed by atoms with Crippen LogP contribution in [0.4, 0.5) is 0 Å². The third kappa shape index (κ3) is 1.93. The molecule has 106 valence electrons. The Morgan fingerprint density at radius 3 is 2.67 bits per heavy atom. The number of hydrogen-bond donors (Lipinski definition) is 1. The molecule has 0 radical (unpaired) electrons. The van der Waals surface area contributed by atoms with Crippen molar-refractivity contribution in [2.75, 3.05) is 13.7 Å². The van der Waals surface area contributed by atoms with E-state index in [0.29, 0.717) is 0 Å². The predicted octanol–water partition coefficient (Wildman–Crippen LogP) is 3.42. The minimum Gasteiger partial charge on any atom is -0.497 e. The zero-order valence-corrected chi connectivity index (χ0v) is 12.1. The molecule has 1 N–H and O–H groups in total. The third-order valence-corrected chi connectivity index (χ3v) is 4.26. The molecule has 2 aromatic carbocycles. The molecule has 1 aromatic heterocycles. The van der Waals surface area contributed by atoms with E-state index in [1.807, 2.05) is 12.1 Å². The largest absolute Gasteiger partial charge is 0.497 e. The summed E-state index contributed by atoms with van der Waals surface area (Å²) in [5.74, 6) is 0.897. The van der Waals surface area contributed by atoms with Crippen LogP contribution < -0.4 is 10.1 Å². The van der Waals surface area contributed by atoms with E-state index >= 15 is 0 Å². The van der Waals surface area contributed by atoms with E-state index in [9.17, 15) is 0 Å². The van der Waals surface area contributed by atoms with E-state index in [1.165, 1.54) is 27.7 Å². The summed E-state index contributed by atoms with van der Waals surface area (Å²) in [5, 5.41) is 4.82. The molecular weight excluding hydrogens is 260 g/mol. The Balaban J connectivity index is 1.98. The van der Waals surface area contributed by atoms with Gasteiger partial charge in [-0.2, -0.15) is 0 Å². The molecule has 1 aliphatic rings. The third-order valence-electron chi connectivity index (χ3n) is 4.26. The maximum absolute atomic E-state index is 5.27. The monoisotopic (exact) mass is 278 g/mol. The van der Waals surface area contributed by atoms with Gasteiger partial charge >= 0.3 is 0 Å². The second-order valence-electron chi connectivity index (χ2n) is 5.40. The molecule has 0 spiro atoms. The van der Waals surface area contributed by atoms with Gasteiger partial charge < -0.3 is 14.6 Å². The SMILES string of the molecule is COc1ccc(-c2c3n(c4ccccc24)CCNC3)cc1. The zero-order valence-electron chi connectivity index (χ0n) is 12.1. The molecule has 4 rings (SSSR count). The number of para-hydroxylation sites is 1. The summed E-state index contributed by atoms with van der Waals surface area (Å²) >= 11 is 0. The van der Waals surface area contributed by atoms with Gasteiger partial charge in [0.05, 0.1) is 7.11 Å². The van der Waals surface area contributed by atoms with Gasteiger partial charge in [0.15, 0.2) is 0 Å². The number of ether oxygens (including phenoxy) is 1. The smallest absolute Gasteiger partial charge is 0.118 e. The van der Waals surface area contributed by atoms with Gasteiger partial charge in [-0.1, -0.05) is 30.3 Å². The van der Waals surface area contributed by atoms with Crippen LogP contribution in [0.1, 0.15) is 5.69 Å². The lowest BCUT2D eigenvalue weighted by Crippen LogP contribution is -2.27. The van der Waals surface area contributed by atoms with Crippen LogP contribution in [0.5, 0.6) is 5.75 Å². The summed E-state index contributed by atoms with van der Waals surface area (Å²) in [6.07, 6.45) is 0. The molecule has 0 aliphatic carbocycles. The lowest BCUT2D eigenvalue weighted by atomic mass is 10.0. The van der Waals surface area contributed by atoms with Crippen molar-refractivity contribution in [3.05, 3.63) is 54.2 Å². The molecule has 0 saturated heterocycles. The van der Waals surface area contributed by atoms with E-state index in [0.717, 1.165) is 25.4 Å². The number of methoxy groups -OCH3 is 1. The summed E-state index contributed by atoms with van der Waals surface area (Å²) < 4.78 is 7.72. The van der Waals surface area contributed by atoms with Crippen LogP contribution in [0, 0.1) is 0 Å². The van der Waals surface area contributed by atoms with Gasteiger partial charge in [0.25, 0.3) is 0 Å². The van der Waals surface area contributed by atoms with Crippen LogP contribution >= 0.6 is 0 Å². The van der Waals surface area contributed by atoms with Gasteiger partial charge in [-0.3, -0.25) is 0 Å². The molecule has 0 fully saturated rings. The summed E-state index contributed by atoms with van der Waals surface area (Å²) in [6.45, 7) is 3.00. The summed E-state index contributed by atoms with van der Waals surface area (Å²) in [6, 6.07) is 17.0. The fraction of sp³-hybridized carbons (Fsp3) is 0.222. The topological polar surface area (TPSA) is 26.2 Å². The summed E-state index contributed by atoms with van der Waals surface area (Å²) in [5.41, 5.74) is 5.32. The molecule has 21 heavy (non-hydrogen) atoms. The Morgan fingerprint density at radius 2 is 1.86 bits per heavy atom. The van der Waals surface area contributed by atoms with Gasteiger partial charge in [0, 0.05) is 41.8 Å². The lowest BCUT2D eigenvalue weighted by Gasteiger charge is -2.18. The first-order valence-corrected chi connectivity index (χ1v) is 7.34. The second kappa shape index (κ2) is 4.93. The Kier molecular flexibility index (Phi) is 2.93. The van der Waals surface area contributed by atoms with Crippen molar-refractivity contribution < 1.29 is 4.74 Å². The first kappa shape index (κ1) is 12.5. The predicted molar refractivity (Wildman–Crippen MR) is 85.6 cm³/mol. The number of nitrogens with zero attached hydrogens (tertiary/aromatic N) is 1. The van der Waals surface area contributed by atoms with Crippen molar-refractivity contribution in [1.29, 1.82) is 0 Å². The van der Waals surface area contributed by atoms with Crippen molar-refractivity contribution in [1.82, 2.24) is 9.88 Å². The molecule has 0 unspecified atom stereocenters. The molecule has 0 bridgehead atoms. The number of aromatic nitrogens is 1. The van der Waals surface area contributed by atoms with Gasteiger partial charge in [0.1, 0.15) is 5.75 Å². The molecule has 3 aromatic rings. The van der Waals surface area contributed by atoms with Crippen molar-refractivity contribution >= 4 is 10.9 Å².